The molecule has 0 aromatic carbocycles. The van der Waals surface area contributed by atoms with E-state index in [1.165, 1.54) is 0 Å². The fourth-order valence-electron chi connectivity index (χ4n) is 3.89. The van der Waals surface area contributed by atoms with Crippen molar-refractivity contribution in [3.05, 3.63) is 0 Å². The van der Waals surface area contributed by atoms with Crippen molar-refractivity contribution in [1.82, 2.24) is 0 Å². The normalized spacial score (nSPS) is 11.7. The molecule has 0 bridgehead atoms. The lowest BCUT2D eigenvalue weighted by atomic mass is 10.8. The number of rotatable bonds is 3. The monoisotopic (exact) mass is 304 g/mol. The summed E-state index contributed by atoms with van der Waals surface area (Å²) < 4.78 is 0. The quantitative estimate of drug-likeness (QED) is 0.540. The second-order valence-electron chi connectivity index (χ2n) is 6.72. The highest BCUT2D eigenvalue weighted by atomic mass is 28.5. The molecule has 0 aliphatic rings. The SMILES string of the molecule is CC#C[Si](C)(C)C([Si](C)(C)C#CC)[Si](C)(C)C#CC. The first-order valence-electron chi connectivity index (χ1n) is 6.87. The van der Waals surface area contributed by atoms with Crippen LogP contribution in [0.1, 0.15) is 20.8 Å². The molecule has 0 atom stereocenters. The summed E-state index contributed by atoms with van der Waals surface area (Å²) in [4.78, 5) is 0.680. The van der Waals surface area contributed by atoms with Crippen LogP contribution >= 0.6 is 0 Å². The summed E-state index contributed by atoms with van der Waals surface area (Å²) >= 11 is 0. The Hall–Kier alpha value is -0.669. The van der Waals surface area contributed by atoms with Crippen molar-refractivity contribution in [2.75, 3.05) is 0 Å². The van der Waals surface area contributed by atoms with Gasteiger partial charge in [-0.2, -0.15) is 0 Å². The van der Waals surface area contributed by atoms with Crippen molar-refractivity contribution in [2.24, 2.45) is 0 Å². The first-order chi connectivity index (χ1) is 8.55. The van der Waals surface area contributed by atoms with Crippen molar-refractivity contribution in [2.45, 2.75) is 64.8 Å². The Balaban J connectivity index is 6.06. The molecule has 0 aromatic heterocycles. The van der Waals surface area contributed by atoms with Gasteiger partial charge < -0.3 is 0 Å². The van der Waals surface area contributed by atoms with Gasteiger partial charge in [0.05, 0.1) is 0 Å². The average Bonchev–Trinajstić information content (AvgIpc) is 2.14. The standard InChI is InChI=1S/C16H28Si3/c1-10-13-17(4,5)16(18(6,7)14-11-2)19(8,9)15-12-3/h16H,1-9H3. The Morgan fingerprint density at radius 2 is 0.737 bits per heavy atom. The highest BCUT2D eigenvalue weighted by molar-refractivity contribution is 7.19. The van der Waals surface area contributed by atoms with Crippen LogP contribution in [0.3, 0.4) is 0 Å². The van der Waals surface area contributed by atoms with E-state index < -0.39 is 24.2 Å². The van der Waals surface area contributed by atoms with Crippen LogP contribution in [0.2, 0.25) is 44.1 Å². The van der Waals surface area contributed by atoms with Crippen molar-refractivity contribution in [3.63, 3.8) is 0 Å². The number of hydrogen-bond donors (Lipinski definition) is 0. The molecule has 0 nitrogen and oxygen atoms in total. The maximum absolute atomic E-state index is 3.57. The van der Waals surface area contributed by atoms with Crippen LogP contribution in [-0.4, -0.2) is 24.2 Å². The van der Waals surface area contributed by atoms with Crippen molar-refractivity contribution in [3.8, 4) is 34.4 Å². The van der Waals surface area contributed by atoms with Gasteiger partial charge >= 0.3 is 0 Å². The summed E-state index contributed by atoms with van der Waals surface area (Å²) in [5.41, 5.74) is 10.7. The predicted octanol–water partition coefficient (Wildman–Crippen LogP) is 4.25. The van der Waals surface area contributed by atoms with Gasteiger partial charge in [-0.1, -0.05) is 39.3 Å². The van der Waals surface area contributed by atoms with E-state index >= 15 is 0 Å². The van der Waals surface area contributed by atoms with E-state index in [0.29, 0.717) is 4.79 Å². The van der Waals surface area contributed by atoms with E-state index in [1.54, 1.807) is 0 Å². The van der Waals surface area contributed by atoms with Crippen LogP contribution in [0.5, 0.6) is 0 Å². The zero-order chi connectivity index (χ0) is 15.3. The molecule has 0 aliphatic heterocycles. The topological polar surface area (TPSA) is 0 Å². The molecule has 0 amide bonds. The third-order valence-electron chi connectivity index (χ3n) is 3.51. The summed E-state index contributed by atoms with van der Waals surface area (Å²) in [6.45, 7) is 20.3. The van der Waals surface area contributed by atoms with Crippen molar-refractivity contribution >= 4 is 24.2 Å². The summed E-state index contributed by atoms with van der Waals surface area (Å²) in [7, 11) is -4.86. The fourth-order valence-corrected chi connectivity index (χ4v) is 29.2. The third-order valence-corrected chi connectivity index (χ3v) is 23.5. The molecule has 3 heteroatoms. The van der Waals surface area contributed by atoms with E-state index in [2.05, 4.69) is 73.7 Å². The molecule has 0 aromatic rings. The molecular formula is C16H28Si3. The van der Waals surface area contributed by atoms with Crippen LogP contribution in [-0.2, 0) is 0 Å². The molecule has 19 heavy (non-hydrogen) atoms. The minimum atomic E-state index is -1.62. The zero-order valence-electron chi connectivity index (χ0n) is 14.1. The second kappa shape index (κ2) is 6.67. The van der Waals surface area contributed by atoms with Crippen molar-refractivity contribution in [1.29, 1.82) is 0 Å². The molecule has 0 fully saturated rings. The van der Waals surface area contributed by atoms with Gasteiger partial charge in [0.2, 0.25) is 0 Å². The van der Waals surface area contributed by atoms with E-state index in [1.807, 2.05) is 20.8 Å². The minimum absolute atomic E-state index is 0.680. The molecule has 0 saturated heterocycles. The Bertz CT molecular complexity index is 417. The largest absolute Gasteiger partial charge is 0.132 e. The maximum atomic E-state index is 3.57. The lowest BCUT2D eigenvalue weighted by Gasteiger charge is -2.43. The van der Waals surface area contributed by atoms with E-state index in [9.17, 15) is 0 Å². The van der Waals surface area contributed by atoms with Crippen LogP contribution in [0.25, 0.3) is 0 Å². The first kappa shape index (κ1) is 18.3. The summed E-state index contributed by atoms with van der Waals surface area (Å²) in [5, 5.41) is 0. The van der Waals surface area contributed by atoms with Gasteiger partial charge in [0, 0.05) is 0 Å². The Kier molecular flexibility index (Phi) is 6.43. The third kappa shape index (κ3) is 4.73. The molecule has 0 spiro atoms. The lowest BCUT2D eigenvalue weighted by molar-refractivity contribution is 1.41. The van der Waals surface area contributed by atoms with E-state index in [0.717, 1.165) is 0 Å². The lowest BCUT2D eigenvalue weighted by Crippen LogP contribution is -2.58. The van der Waals surface area contributed by atoms with E-state index in [-0.39, 0.29) is 0 Å². The summed E-state index contributed by atoms with van der Waals surface area (Å²) in [6.07, 6.45) is 0. The van der Waals surface area contributed by atoms with Crippen LogP contribution in [0.15, 0.2) is 0 Å². The van der Waals surface area contributed by atoms with Gasteiger partial charge in [-0.3, -0.25) is 0 Å². The van der Waals surface area contributed by atoms with Gasteiger partial charge in [0.1, 0.15) is 24.2 Å². The highest BCUT2D eigenvalue weighted by Crippen LogP contribution is 2.39. The van der Waals surface area contributed by atoms with Gasteiger partial charge in [-0.05, 0) is 25.6 Å². The second-order valence-corrected chi connectivity index (χ2v) is 21.3. The van der Waals surface area contributed by atoms with Crippen LogP contribution in [0.4, 0.5) is 0 Å². The van der Waals surface area contributed by atoms with Gasteiger partial charge in [0.15, 0.2) is 0 Å². The van der Waals surface area contributed by atoms with Gasteiger partial charge in [-0.15, -0.1) is 34.4 Å². The van der Waals surface area contributed by atoms with Crippen LogP contribution < -0.4 is 0 Å². The van der Waals surface area contributed by atoms with Gasteiger partial charge in [0.25, 0.3) is 0 Å². The van der Waals surface area contributed by atoms with Crippen molar-refractivity contribution < 1.29 is 0 Å². The van der Waals surface area contributed by atoms with Crippen LogP contribution in [0, 0.1) is 34.4 Å². The molecule has 104 valence electrons. The predicted molar refractivity (Wildman–Crippen MR) is 96.5 cm³/mol. The molecule has 0 heterocycles. The highest BCUT2D eigenvalue weighted by Gasteiger charge is 2.51. The average molecular weight is 305 g/mol. The Morgan fingerprint density at radius 1 is 0.526 bits per heavy atom. The summed E-state index contributed by atoms with van der Waals surface area (Å²) in [5.74, 6) is 9.53. The molecular weight excluding hydrogens is 276 g/mol. The Morgan fingerprint density at radius 3 is 0.895 bits per heavy atom. The Labute approximate surface area is 123 Å². The van der Waals surface area contributed by atoms with E-state index in [4.69, 9.17) is 0 Å². The molecule has 0 unspecified atom stereocenters. The fraction of sp³-hybridized carbons (Fsp3) is 0.625. The smallest absolute Gasteiger partial charge is 0.132 e. The molecule has 0 N–H and O–H groups in total. The number of hydrogen-bond acceptors (Lipinski definition) is 0. The first-order valence-corrected chi connectivity index (χ1v) is 16.1. The maximum Gasteiger partial charge on any atom is 0.132 e. The molecule has 0 radical (unpaired) electrons. The molecule has 0 rings (SSSR count). The molecule has 0 saturated carbocycles. The zero-order valence-corrected chi connectivity index (χ0v) is 17.1. The molecule has 0 aliphatic carbocycles. The van der Waals surface area contributed by atoms with Gasteiger partial charge in [-0.25, -0.2) is 0 Å². The minimum Gasteiger partial charge on any atom is -0.132 e. The summed E-state index contributed by atoms with van der Waals surface area (Å²) in [6, 6.07) is 0.